The number of aliphatic carboxylic acids is 1. The molecule has 0 spiro atoms. The summed E-state index contributed by atoms with van der Waals surface area (Å²) >= 11 is 0. The van der Waals surface area contributed by atoms with E-state index in [1.807, 2.05) is 0 Å². The topological polar surface area (TPSA) is 105 Å². The van der Waals surface area contributed by atoms with E-state index in [1.165, 1.54) is 0 Å². The van der Waals surface area contributed by atoms with E-state index in [2.05, 4.69) is 0 Å². The Labute approximate surface area is 81.6 Å². The van der Waals surface area contributed by atoms with Gasteiger partial charge in [-0.2, -0.15) is 0 Å². The molecule has 1 fully saturated rings. The first-order valence-corrected chi connectivity index (χ1v) is 4.30. The highest BCUT2D eigenvalue weighted by Gasteiger charge is 2.39. The van der Waals surface area contributed by atoms with E-state index >= 15 is 0 Å². The second-order valence-corrected chi connectivity index (χ2v) is 3.70. The van der Waals surface area contributed by atoms with Crippen LogP contribution in [0.2, 0.25) is 0 Å². The Hall–Kier alpha value is -0.690. The van der Waals surface area contributed by atoms with Gasteiger partial charge in [-0.1, -0.05) is 0 Å². The van der Waals surface area contributed by atoms with E-state index in [4.69, 9.17) is 15.2 Å². The maximum absolute atomic E-state index is 10.4. The van der Waals surface area contributed by atoms with Crippen molar-refractivity contribution in [3.05, 3.63) is 0 Å². The number of aliphatic hydroxyl groups excluding tert-OH is 1. The van der Waals surface area contributed by atoms with Crippen molar-refractivity contribution in [3.63, 3.8) is 0 Å². The summed E-state index contributed by atoms with van der Waals surface area (Å²) in [6.45, 7) is 3.46. The summed E-state index contributed by atoms with van der Waals surface area (Å²) in [5.41, 5.74) is 5.18. The molecule has 1 aliphatic heterocycles. The molecule has 1 heterocycles. The third kappa shape index (κ3) is 2.42. The van der Waals surface area contributed by atoms with Crippen LogP contribution < -0.4 is 10.8 Å². The van der Waals surface area contributed by atoms with Gasteiger partial charge < -0.3 is 30.2 Å². The summed E-state index contributed by atoms with van der Waals surface area (Å²) in [6.07, 6.45) is -2.04. The van der Waals surface area contributed by atoms with Gasteiger partial charge >= 0.3 is 0 Å². The summed E-state index contributed by atoms with van der Waals surface area (Å²) in [6, 6.07) is -1.46. The minimum atomic E-state index is -1.51. The van der Waals surface area contributed by atoms with Crippen LogP contribution in [0.1, 0.15) is 13.8 Å². The van der Waals surface area contributed by atoms with E-state index in [0.717, 1.165) is 0 Å². The van der Waals surface area contributed by atoms with E-state index in [0.29, 0.717) is 0 Å². The molecular weight excluding hydrogens is 190 g/mol. The van der Waals surface area contributed by atoms with Crippen molar-refractivity contribution < 1.29 is 24.5 Å². The van der Waals surface area contributed by atoms with Crippen molar-refractivity contribution in [2.24, 2.45) is 5.73 Å². The highest BCUT2D eigenvalue weighted by Crippen LogP contribution is 2.24. The lowest BCUT2D eigenvalue weighted by atomic mass is 10.1. The Morgan fingerprint density at radius 2 is 2.29 bits per heavy atom. The number of carbonyl (C=O) groups is 1. The van der Waals surface area contributed by atoms with Gasteiger partial charge in [-0.3, -0.25) is 0 Å². The van der Waals surface area contributed by atoms with E-state index < -0.39 is 30.0 Å². The Kier molecular flexibility index (Phi) is 3.10. The summed E-state index contributed by atoms with van der Waals surface area (Å²) in [5.74, 6) is -2.32. The maximum atomic E-state index is 10.4. The first kappa shape index (κ1) is 11.4. The van der Waals surface area contributed by atoms with Crippen LogP contribution in [0.4, 0.5) is 0 Å². The van der Waals surface area contributed by atoms with Gasteiger partial charge in [0, 0.05) is 0 Å². The number of hydrogen-bond acceptors (Lipinski definition) is 6. The lowest BCUT2D eigenvalue weighted by Gasteiger charge is -2.25. The van der Waals surface area contributed by atoms with Crippen molar-refractivity contribution in [2.75, 3.05) is 6.61 Å². The number of hydrogen-bond donors (Lipinski definition) is 2. The molecule has 0 unspecified atom stereocenters. The smallest absolute Gasteiger partial charge is 0.163 e. The molecule has 0 aromatic carbocycles. The molecule has 0 amide bonds. The molecule has 6 heteroatoms. The van der Waals surface area contributed by atoms with Crippen LogP contribution in [0.15, 0.2) is 0 Å². The van der Waals surface area contributed by atoms with Crippen LogP contribution in [0.5, 0.6) is 0 Å². The zero-order valence-electron chi connectivity index (χ0n) is 8.10. The summed E-state index contributed by atoms with van der Waals surface area (Å²) in [5, 5.41) is 19.8. The molecule has 0 aromatic heterocycles. The van der Waals surface area contributed by atoms with Gasteiger partial charge in [0.2, 0.25) is 0 Å². The van der Waals surface area contributed by atoms with Crippen LogP contribution in [0.25, 0.3) is 0 Å². The highest BCUT2D eigenvalue weighted by molar-refractivity contribution is 5.71. The van der Waals surface area contributed by atoms with Crippen molar-refractivity contribution in [2.45, 2.75) is 37.9 Å². The van der Waals surface area contributed by atoms with Gasteiger partial charge in [-0.25, -0.2) is 0 Å². The summed E-state index contributed by atoms with van der Waals surface area (Å²) in [4.78, 5) is 10.4. The van der Waals surface area contributed by atoms with Gasteiger partial charge in [0.15, 0.2) is 5.79 Å². The van der Waals surface area contributed by atoms with Gasteiger partial charge in [-0.15, -0.1) is 0 Å². The molecule has 6 nitrogen and oxygen atoms in total. The maximum Gasteiger partial charge on any atom is 0.163 e. The molecule has 1 rings (SSSR count). The molecule has 0 saturated carbocycles. The van der Waals surface area contributed by atoms with Crippen molar-refractivity contribution in [1.29, 1.82) is 0 Å². The fourth-order valence-electron chi connectivity index (χ4n) is 1.25. The molecule has 0 aliphatic carbocycles. The standard InChI is InChI=1S/C8H15NO5/c1-8(2)13-3-4(14-8)6(10)5(9)7(11)12/h4-6,10H,3,9H2,1-2H3,(H,11,12)/p-1/t4-,5+,6-/m0/s1. The summed E-state index contributed by atoms with van der Waals surface area (Å²) < 4.78 is 10.4. The first-order chi connectivity index (χ1) is 6.33. The predicted octanol–water partition coefficient (Wildman–Crippen LogP) is -2.42. The van der Waals surface area contributed by atoms with E-state index in [9.17, 15) is 15.0 Å². The molecule has 3 N–H and O–H groups in total. The molecule has 1 saturated heterocycles. The second-order valence-electron chi connectivity index (χ2n) is 3.70. The molecule has 1 aliphatic rings. The van der Waals surface area contributed by atoms with Crippen LogP contribution in [-0.4, -0.2) is 41.7 Å². The Morgan fingerprint density at radius 1 is 1.71 bits per heavy atom. The second kappa shape index (κ2) is 3.82. The number of rotatable bonds is 3. The molecular formula is C8H14NO5-. The van der Waals surface area contributed by atoms with Gasteiger partial charge in [-0.05, 0) is 13.8 Å². The van der Waals surface area contributed by atoms with Crippen molar-refractivity contribution in [3.8, 4) is 0 Å². The number of carboxylic acid groups (broad SMARTS) is 1. The van der Waals surface area contributed by atoms with Crippen LogP contribution in [-0.2, 0) is 14.3 Å². The fourth-order valence-corrected chi connectivity index (χ4v) is 1.25. The quantitative estimate of drug-likeness (QED) is 0.530. The molecule has 0 aromatic rings. The highest BCUT2D eigenvalue weighted by atomic mass is 16.7. The average Bonchev–Trinajstić information content (AvgIpc) is 2.43. The summed E-state index contributed by atoms with van der Waals surface area (Å²) in [7, 11) is 0. The molecule has 3 atom stereocenters. The largest absolute Gasteiger partial charge is 0.548 e. The average molecular weight is 204 g/mol. The lowest BCUT2D eigenvalue weighted by Crippen LogP contribution is -2.54. The number of carboxylic acids is 1. The number of ether oxygens (including phenoxy) is 2. The first-order valence-electron chi connectivity index (χ1n) is 4.30. The minimum absolute atomic E-state index is 0.120. The fraction of sp³-hybridized carbons (Fsp3) is 0.875. The third-order valence-corrected chi connectivity index (χ3v) is 2.05. The number of aliphatic hydroxyl groups is 1. The van der Waals surface area contributed by atoms with Crippen LogP contribution >= 0.6 is 0 Å². The molecule has 0 bridgehead atoms. The van der Waals surface area contributed by atoms with Crippen LogP contribution in [0, 0.1) is 0 Å². The zero-order valence-corrected chi connectivity index (χ0v) is 8.10. The minimum Gasteiger partial charge on any atom is -0.548 e. The molecule has 14 heavy (non-hydrogen) atoms. The monoisotopic (exact) mass is 204 g/mol. The lowest BCUT2D eigenvalue weighted by molar-refractivity contribution is -0.310. The third-order valence-electron chi connectivity index (χ3n) is 2.05. The normalized spacial score (nSPS) is 29.9. The van der Waals surface area contributed by atoms with Gasteiger partial charge in [0.25, 0.3) is 0 Å². The Morgan fingerprint density at radius 3 is 2.64 bits per heavy atom. The van der Waals surface area contributed by atoms with Crippen molar-refractivity contribution >= 4 is 5.97 Å². The van der Waals surface area contributed by atoms with Crippen molar-refractivity contribution in [1.82, 2.24) is 0 Å². The van der Waals surface area contributed by atoms with E-state index in [1.54, 1.807) is 13.8 Å². The van der Waals surface area contributed by atoms with Gasteiger partial charge in [0.1, 0.15) is 12.2 Å². The number of nitrogens with two attached hydrogens (primary N) is 1. The molecule has 0 radical (unpaired) electrons. The Balaban J connectivity index is 2.55. The van der Waals surface area contributed by atoms with E-state index in [-0.39, 0.29) is 6.61 Å². The van der Waals surface area contributed by atoms with Gasteiger partial charge in [0.05, 0.1) is 18.6 Å². The SMILES string of the molecule is CC1(C)OC[C@@H]([C@H](O)[C@@H](N)C(=O)[O-])O1. The Bertz CT molecular complexity index is 230. The molecule has 82 valence electrons. The predicted molar refractivity (Wildman–Crippen MR) is 43.9 cm³/mol. The van der Waals surface area contributed by atoms with Crippen LogP contribution in [0.3, 0.4) is 0 Å². The zero-order chi connectivity index (χ0) is 10.9. The number of carbonyl (C=O) groups excluding carboxylic acids is 1.